The van der Waals surface area contributed by atoms with Crippen molar-refractivity contribution in [2.24, 2.45) is 0 Å². The Morgan fingerprint density at radius 2 is 1.92 bits per heavy atom. The molecule has 1 N–H and O–H groups in total. The van der Waals surface area contributed by atoms with Crippen molar-refractivity contribution < 1.29 is 4.74 Å². The van der Waals surface area contributed by atoms with Gasteiger partial charge in [-0.1, -0.05) is 6.07 Å². The van der Waals surface area contributed by atoms with Crippen LogP contribution in [0.3, 0.4) is 0 Å². The van der Waals surface area contributed by atoms with Crippen molar-refractivity contribution in [3.8, 4) is 17.3 Å². The molecule has 3 rings (SSSR count). The normalized spacial score (nSPS) is 19.3. The Hall–Kier alpha value is -2.25. The van der Waals surface area contributed by atoms with Crippen LogP contribution in [0, 0.1) is 11.3 Å². The fraction of sp³-hybridized carbons (Fsp3) is 0.450. The molecule has 1 atom stereocenters. The summed E-state index contributed by atoms with van der Waals surface area (Å²) in [6.07, 6.45) is -0.0121. The highest BCUT2D eigenvalue weighted by Gasteiger charge is 2.32. The topological polar surface area (TPSA) is 50.0 Å². The highest BCUT2D eigenvalue weighted by Crippen LogP contribution is 2.40. The Morgan fingerprint density at radius 1 is 1.21 bits per heavy atom. The van der Waals surface area contributed by atoms with Gasteiger partial charge >= 0.3 is 0 Å². The minimum atomic E-state index is -0.354. The van der Waals surface area contributed by atoms with E-state index in [1.165, 1.54) is 0 Å². The second kappa shape index (κ2) is 5.39. The van der Waals surface area contributed by atoms with E-state index in [0.29, 0.717) is 5.69 Å². The summed E-state index contributed by atoms with van der Waals surface area (Å²) >= 11 is 0. The number of ether oxygens (including phenoxy) is 1. The molecule has 0 aliphatic carbocycles. The molecule has 0 spiro atoms. The molecule has 1 aromatic carbocycles. The monoisotopic (exact) mass is 323 g/mol. The number of hydrogen-bond donors (Lipinski definition) is 1. The smallest absolute Gasteiger partial charge is 0.126 e. The predicted octanol–water partition coefficient (Wildman–Crippen LogP) is 4.80. The van der Waals surface area contributed by atoms with Gasteiger partial charge in [-0.2, -0.15) is 5.26 Å². The van der Waals surface area contributed by atoms with Crippen LogP contribution in [0.1, 0.15) is 52.8 Å². The first-order chi connectivity index (χ1) is 11.1. The van der Waals surface area contributed by atoms with Gasteiger partial charge in [-0.3, -0.25) is 0 Å². The van der Waals surface area contributed by atoms with Gasteiger partial charge in [0.15, 0.2) is 0 Å². The maximum atomic E-state index is 9.45. The summed E-state index contributed by atoms with van der Waals surface area (Å²) < 4.78 is 8.14. The van der Waals surface area contributed by atoms with Crippen LogP contribution in [0.4, 0.5) is 5.69 Å². The summed E-state index contributed by atoms with van der Waals surface area (Å²) in [5.74, 6) is 0. The van der Waals surface area contributed by atoms with E-state index in [1.54, 1.807) is 0 Å². The Balaban J connectivity index is 2.17. The second-order valence-corrected chi connectivity index (χ2v) is 7.90. The molecular weight excluding hydrogens is 298 g/mol. The van der Waals surface area contributed by atoms with Crippen LogP contribution in [0.5, 0.6) is 0 Å². The van der Waals surface area contributed by atoms with E-state index in [9.17, 15) is 5.26 Å². The molecule has 1 aromatic heterocycles. The first-order valence-corrected chi connectivity index (χ1v) is 8.35. The summed E-state index contributed by atoms with van der Waals surface area (Å²) in [4.78, 5) is 0. The van der Waals surface area contributed by atoms with Crippen molar-refractivity contribution >= 4 is 5.69 Å². The minimum absolute atomic E-state index is 0.0121. The molecule has 24 heavy (non-hydrogen) atoms. The van der Waals surface area contributed by atoms with E-state index in [1.807, 2.05) is 19.1 Å². The lowest BCUT2D eigenvalue weighted by Crippen LogP contribution is -2.37. The standard InChI is InChI=1S/C20H25N3O/c1-13-22-17-9-7-14(11-16(17)20(5,6)24-13)18-10-8-15(12-21)23(18)19(2,3)4/h7-11,13,22H,1-6H3. The van der Waals surface area contributed by atoms with Crippen LogP contribution >= 0.6 is 0 Å². The lowest BCUT2D eigenvalue weighted by Gasteiger charge is -2.38. The molecule has 1 aliphatic heterocycles. The molecule has 1 aliphatic rings. The predicted molar refractivity (Wildman–Crippen MR) is 96.8 cm³/mol. The molecule has 0 fully saturated rings. The van der Waals surface area contributed by atoms with Gasteiger partial charge in [-0.25, -0.2) is 0 Å². The largest absolute Gasteiger partial charge is 0.360 e. The molecule has 0 saturated carbocycles. The Morgan fingerprint density at radius 3 is 2.54 bits per heavy atom. The summed E-state index contributed by atoms with van der Waals surface area (Å²) in [6.45, 7) is 12.6. The van der Waals surface area contributed by atoms with E-state index in [0.717, 1.165) is 22.5 Å². The van der Waals surface area contributed by atoms with E-state index < -0.39 is 0 Å². The minimum Gasteiger partial charge on any atom is -0.360 e. The number of fused-ring (bicyclic) bond motifs is 1. The molecule has 126 valence electrons. The number of nitrogens with one attached hydrogen (secondary N) is 1. The van der Waals surface area contributed by atoms with E-state index in [2.05, 4.69) is 68.8 Å². The molecule has 0 amide bonds. The van der Waals surface area contributed by atoms with Crippen molar-refractivity contribution in [1.82, 2.24) is 4.57 Å². The average Bonchev–Trinajstić information content (AvgIpc) is 2.90. The number of nitrogens with zero attached hydrogens (tertiary/aromatic N) is 2. The van der Waals surface area contributed by atoms with Gasteiger partial charge in [-0.05, 0) is 71.4 Å². The third-order valence-electron chi connectivity index (χ3n) is 4.46. The van der Waals surface area contributed by atoms with Gasteiger partial charge in [0.1, 0.15) is 18.0 Å². The quantitative estimate of drug-likeness (QED) is 0.819. The first kappa shape index (κ1) is 16.6. The maximum absolute atomic E-state index is 9.45. The Kier molecular flexibility index (Phi) is 3.73. The lowest BCUT2D eigenvalue weighted by atomic mass is 9.91. The number of benzene rings is 1. The number of rotatable bonds is 1. The van der Waals surface area contributed by atoms with Crippen molar-refractivity contribution in [1.29, 1.82) is 5.26 Å². The van der Waals surface area contributed by atoms with Gasteiger partial charge in [-0.15, -0.1) is 0 Å². The highest BCUT2D eigenvalue weighted by molar-refractivity contribution is 5.69. The molecule has 0 radical (unpaired) electrons. The van der Waals surface area contributed by atoms with Crippen molar-refractivity contribution in [3.63, 3.8) is 0 Å². The zero-order chi connectivity index (χ0) is 17.7. The molecule has 2 heterocycles. The summed E-state index contributed by atoms with van der Waals surface area (Å²) in [6, 6.07) is 12.6. The fourth-order valence-corrected chi connectivity index (χ4v) is 3.55. The van der Waals surface area contributed by atoms with E-state index in [4.69, 9.17) is 4.74 Å². The van der Waals surface area contributed by atoms with Crippen LogP contribution in [0.15, 0.2) is 30.3 Å². The molecule has 0 bridgehead atoms. The number of nitriles is 1. The number of aromatic nitrogens is 1. The molecule has 0 saturated heterocycles. The second-order valence-electron chi connectivity index (χ2n) is 7.90. The zero-order valence-corrected chi connectivity index (χ0v) is 15.3. The van der Waals surface area contributed by atoms with Gasteiger partial charge in [0.2, 0.25) is 0 Å². The highest BCUT2D eigenvalue weighted by atomic mass is 16.5. The SMILES string of the molecule is CC1Nc2ccc(-c3ccc(C#N)n3C(C)(C)C)cc2C(C)(C)O1. The third-order valence-corrected chi connectivity index (χ3v) is 4.46. The molecule has 1 unspecified atom stereocenters. The van der Waals surface area contributed by atoms with Gasteiger partial charge in [0.05, 0.1) is 5.60 Å². The third kappa shape index (κ3) is 2.70. The van der Waals surface area contributed by atoms with Gasteiger partial charge < -0.3 is 14.6 Å². The van der Waals surface area contributed by atoms with Crippen LogP contribution in [-0.2, 0) is 15.9 Å². The van der Waals surface area contributed by atoms with Crippen LogP contribution in [0.25, 0.3) is 11.3 Å². The number of hydrogen-bond acceptors (Lipinski definition) is 3. The van der Waals surface area contributed by atoms with Gasteiger partial charge in [0.25, 0.3) is 0 Å². The van der Waals surface area contributed by atoms with Crippen LogP contribution in [-0.4, -0.2) is 10.8 Å². The Bertz CT molecular complexity index is 818. The average molecular weight is 323 g/mol. The molecule has 2 aromatic rings. The Labute approximate surface area is 144 Å². The van der Waals surface area contributed by atoms with Crippen LogP contribution < -0.4 is 5.32 Å². The number of anilines is 1. The summed E-state index contributed by atoms with van der Waals surface area (Å²) in [5.41, 5.74) is 4.55. The van der Waals surface area contributed by atoms with Crippen molar-refractivity contribution in [3.05, 3.63) is 41.6 Å². The van der Waals surface area contributed by atoms with E-state index >= 15 is 0 Å². The first-order valence-electron chi connectivity index (χ1n) is 8.35. The molecule has 4 nitrogen and oxygen atoms in total. The zero-order valence-electron chi connectivity index (χ0n) is 15.3. The maximum Gasteiger partial charge on any atom is 0.126 e. The molecular formula is C20H25N3O. The fourth-order valence-electron chi connectivity index (χ4n) is 3.55. The van der Waals surface area contributed by atoms with Crippen molar-refractivity contribution in [2.75, 3.05) is 5.32 Å². The lowest BCUT2D eigenvalue weighted by molar-refractivity contribution is -0.0632. The van der Waals surface area contributed by atoms with E-state index in [-0.39, 0.29) is 17.4 Å². The van der Waals surface area contributed by atoms with Gasteiger partial charge in [0, 0.05) is 22.5 Å². The summed E-state index contributed by atoms with van der Waals surface area (Å²) in [5, 5.41) is 12.8. The molecule has 4 heteroatoms. The summed E-state index contributed by atoms with van der Waals surface area (Å²) in [7, 11) is 0. The van der Waals surface area contributed by atoms with Crippen LogP contribution in [0.2, 0.25) is 0 Å². The van der Waals surface area contributed by atoms with Crippen molar-refractivity contribution in [2.45, 2.75) is 58.9 Å².